The molecule has 2 N–H and O–H groups in total. The molecule has 0 amide bonds. The van der Waals surface area contributed by atoms with Crippen LogP contribution in [0.15, 0.2) is 33.7 Å². The van der Waals surface area contributed by atoms with Crippen molar-refractivity contribution in [3.63, 3.8) is 0 Å². The van der Waals surface area contributed by atoms with E-state index in [1.807, 2.05) is 38.1 Å². The maximum absolute atomic E-state index is 5.93. The Morgan fingerprint density at radius 1 is 1.32 bits per heavy atom. The Bertz CT molecular complexity index is 717. The van der Waals surface area contributed by atoms with Gasteiger partial charge in [0.1, 0.15) is 11.9 Å². The number of benzene rings is 1. The molecule has 1 atom stereocenters. The number of nitrogens with zero attached hydrogens (tertiary/aromatic N) is 2. The zero-order chi connectivity index (χ0) is 18.2. The molecule has 1 aromatic heterocycles. The van der Waals surface area contributed by atoms with Crippen LogP contribution >= 0.6 is 27.3 Å². The number of hydrogen-bond donors (Lipinski definition) is 2. The van der Waals surface area contributed by atoms with Gasteiger partial charge in [0.05, 0.1) is 21.7 Å². The summed E-state index contributed by atoms with van der Waals surface area (Å²) in [5.74, 6) is 1.62. The zero-order valence-electron chi connectivity index (χ0n) is 15.1. The van der Waals surface area contributed by atoms with Gasteiger partial charge in [-0.2, -0.15) is 0 Å². The van der Waals surface area contributed by atoms with Crippen LogP contribution in [-0.4, -0.2) is 37.2 Å². The maximum atomic E-state index is 5.93. The van der Waals surface area contributed by atoms with E-state index in [0.717, 1.165) is 39.8 Å². The quantitative estimate of drug-likeness (QED) is 0.525. The first-order chi connectivity index (χ1) is 12.0. The van der Waals surface area contributed by atoms with Crippen molar-refractivity contribution in [3.8, 4) is 5.75 Å². The van der Waals surface area contributed by atoms with Crippen LogP contribution in [0.1, 0.15) is 22.5 Å². The molecule has 0 saturated heterocycles. The fourth-order valence-electron chi connectivity index (χ4n) is 2.36. The van der Waals surface area contributed by atoms with Crippen molar-refractivity contribution in [1.29, 1.82) is 0 Å². The average molecular weight is 425 g/mol. The summed E-state index contributed by atoms with van der Waals surface area (Å²) in [5, 5.41) is 7.76. The molecule has 5 nitrogen and oxygen atoms in total. The molecule has 0 radical (unpaired) electrons. The summed E-state index contributed by atoms with van der Waals surface area (Å²) in [5.41, 5.74) is 1.13. The Morgan fingerprint density at radius 2 is 2.08 bits per heavy atom. The number of ether oxygens (including phenoxy) is 1. The number of hydrogen-bond acceptors (Lipinski definition) is 4. The second-order valence-electron chi connectivity index (χ2n) is 5.73. The van der Waals surface area contributed by atoms with Crippen LogP contribution in [0.2, 0.25) is 0 Å². The lowest BCUT2D eigenvalue weighted by Gasteiger charge is -2.18. The molecular formula is C18H25BrN4OS. The van der Waals surface area contributed by atoms with E-state index in [4.69, 9.17) is 4.74 Å². The summed E-state index contributed by atoms with van der Waals surface area (Å²) < 4.78 is 6.89. The summed E-state index contributed by atoms with van der Waals surface area (Å²) in [6.07, 6.45) is 0.963. The van der Waals surface area contributed by atoms with Crippen LogP contribution in [0, 0.1) is 13.8 Å². The van der Waals surface area contributed by atoms with Crippen LogP contribution in [0.25, 0.3) is 0 Å². The van der Waals surface area contributed by atoms with E-state index < -0.39 is 0 Å². The third-order valence-electron chi connectivity index (χ3n) is 3.59. The molecule has 1 aromatic carbocycles. The molecule has 0 saturated carbocycles. The number of thiazole rings is 1. The molecular weight excluding hydrogens is 400 g/mol. The zero-order valence-corrected chi connectivity index (χ0v) is 17.5. The number of aromatic nitrogens is 1. The van der Waals surface area contributed by atoms with Crippen LogP contribution in [0.5, 0.6) is 5.75 Å². The third-order valence-corrected chi connectivity index (χ3v) is 5.38. The number of nitrogens with one attached hydrogen (secondary N) is 2. The summed E-state index contributed by atoms with van der Waals surface area (Å²) in [6, 6.07) is 7.86. The van der Waals surface area contributed by atoms with Gasteiger partial charge < -0.3 is 15.4 Å². The summed E-state index contributed by atoms with van der Waals surface area (Å²) in [6.45, 7) is 7.62. The summed E-state index contributed by atoms with van der Waals surface area (Å²) in [4.78, 5) is 10.0. The predicted octanol–water partition coefficient (Wildman–Crippen LogP) is 3.70. The largest absolute Gasteiger partial charge is 0.488 e. The highest BCUT2D eigenvalue weighted by Crippen LogP contribution is 2.24. The van der Waals surface area contributed by atoms with Gasteiger partial charge >= 0.3 is 0 Å². The number of halogens is 1. The van der Waals surface area contributed by atoms with E-state index in [9.17, 15) is 0 Å². The van der Waals surface area contributed by atoms with Gasteiger partial charge in [-0.05, 0) is 48.8 Å². The Balaban J connectivity index is 1.74. The monoisotopic (exact) mass is 424 g/mol. The van der Waals surface area contributed by atoms with Gasteiger partial charge in [-0.3, -0.25) is 4.99 Å². The molecule has 25 heavy (non-hydrogen) atoms. The van der Waals surface area contributed by atoms with Crippen molar-refractivity contribution >= 4 is 33.2 Å². The number of rotatable bonds is 7. The van der Waals surface area contributed by atoms with Crippen molar-refractivity contribution in [2.24, 2.45) is 4.99 Å². The minimum absolute atomic E-state index is 0.0173. The van der Waals surface area contributed by atoms with E-state index in [0.29, 0.717) is 6.54 Å². The van der Waals surface area contributed by atoms with Gasteiger partial charge in [-0.25, -0.2) is 4.98 Å². The van der Waals surface area contributed by atoms with Crippen molar-refractivity contribution in [1.82, 2.24) is 15.6 Å². The number of para-hydroxylation sites is 1. The smallest absolute Gasteiger partial charge is 0.191 e. The van der Waals surface area contributed by atoms with Crippen molar-refractivity contribution in [2.75, 3.05) is 20.1 Å². The fraction of sp³-hybridized carbons (Fsp3) is 0.444. The Kier molecular flexibility index (Phi) is 7.71. The minimum atomic E-state index is 0.0173. The molecule has 2 rings (SSSR count). The second-order valence-corrected chi connectivity index (χ2v) is 7.87. The molecule has 136 valence electrons. The third kappa shape index (κ3) is 6.32. The maximum Gasteiger partial charge on any atom is 0.191 e. The van der Waals surface area contributed by atoms with Crippen molar-refractivity contribution < 1.29 is 4.74 Å². The van der Waals surface area contributed by atoms with Crippen LogP contribution in [0.4, 0.5) is 0 Å². The summed E-state index contributed by atoms with van der Waals surface area (Å²) >= 11 is 5.26. The Labute approximate surface area is 162 Å². The van der Waals surface area contributed by atoms with E-state index in [-0.39, 0.29) is 6.10 Å². The highest BCUT2D eigenvalue weighted by atomic mass is 79.9. The summed E-state index contributed by atoms with van der Waals surface area (Å²) in [7, 11) is 1.77. The molecule has 2 aromatic rings. The van der Waals surface area contributed by atoms with Gasteiger partial charge in [0, 0.05) is 24.9 Å². The van der Waals surface area contributed by atoms with E-state index in [1.54, 1.807) is 18.4 Å². The van der Waals surface area contributed by atoms with Crippen molar-refractivity contribution in [2.45, 2.75) is 33.3 Å². The van der Waals surface area contributed by atoms with Crippen LogP contribution in [0.3, 0.4) is 0 Å². The molecule has 1 unspecified atom stereocenters. The van der Waals surface area contributed by atoms with E-state index >= 15 is 0 Å². The van der Waals surface area contributed by atoms with Gasteiger partial charge in [0.15, 0.2) is 5.96 Å². The first-order valence-corrected chi connectivity index (χ1v) is 9.89. The van der Waals surface area contributed by atoms with Crippen LogP contribution < -0.4 is 15.4 Å². The molecule has 0 aliphatic carbocycles. The topological polar surface area (TPSA) is 58.5 Å². The SMILES string of the molecule is CN=C(NCCc1sc(C)nc1C)NCC(C)Oc1ccccc1Br. The lowest BCUT2D eigenvalue weighted by molar-refractivity contribution is 0.222. The van der Waals surface area contributed by atoms with E-state index in [2.05, 4.69) is 43.5 Å². The molecule has 0 fully saturated rings. The van der Waals surface area contributed by atoms with Gasteiger partial charge in [-0.1, -0.05) is 12.1 Å². The highest BCUT2D eigenvalue weighted by Gasteiger charge is 2.08. The lowest BCUT2D eigenvalue weighted by atomic mass is 10.3. The molecule has 0 bridgehead atoms. The van der Waals surface area contributed by atoms with Gasteiger partial charge in [0.2, 0.25) is 0 Å². The number of aryl methyl sites for hydroxylation is 2. The van der Waals surface area contributed by atoms with Gasteiger partial charge in [-0.15, -0.1) is 11.3 Å². The Morgan fingerprint density at radius 3 is 2.72 bits per heavy atom. The first kappa shape index (κ1) is 19.7. The lowest BCUT2D eigenvalue weighted by Crippen LogP contribution is -2.42. The molecule has 0 aliphatic heterocycles. The Hall–Kier alpha value is -1.60. The molecule has 7 heteroatoms. The second kappa shape index (κ2) is 9.77. The highest BCUT2D eigenvalue weighted by molar-refractivity contribution is 9.10. The molecule has 1 heterocycles. The minimum Gasteiger partial charge on any atom is -0.488 e. The molecule has 0 aliphatic rings. The predicted molar refractivity (Wildman–Crippen MR) is 109 cm³/mol. The van der Waals surface area contributed by atoms with Crippen molar-refractivity contribution in [3.05, 3.63) is 44.3 Å². The fourth-order valence-corrected chi connectivity index (χ4v) is 3.67. The normalized spacial score (nSPS) is 12.8. The molecule has 0 spiro atoms. The van der Waals surface area contributed by atoms with Gasteiger partial charge in [0.25, 0.3) is 0 Å². The standard InChI is InChI=1S/C18H25BrN4OS/c1-12(24-16-8-6-5-7-15(16)19)11-22-18(20-4)21-10-9-17-13(2)23-14(3)25-17/h5-8,12H,9-11H2,1-4H3,(H2,20,21,22). The van der Waals surface area contributed by atoms with Crippen LogP contribution in [-0.2, 0) is 6.42 Å². The van der Waals surface area contributed by atoms with E-state index in [1.165, 1.54) is 4.88 Å². The first-order valence-electron chi connectivity index (χ1n) is 8.28. The average Bonchev–Trinajstić information content (AvgIpc) is 2.90. The number of guanidine groups is 1. The number of aliphatic imine (C=N–C) groups is 1.